The summed E-state index contributed by atoms with van der Waals surface area (Å²) in [4.78, 5) is 18.0. The summed E-state index contributed by atoms with van der Waals surface area (Å²) in [6.45, 7) is 0.347. The van der Waals surface area contributed by atoms with Crippen LogP contribution in [-0.2, 0) is 13.1 Å². The highest BCUT2D eigenvalue weighted by atomic mass is 19.1. The standard InChI is InChI=1S/C17H18FN5O/c1-23(2)16-14(4-3-7-20-16)11-22-17(24)21-10-13-6-5-12(9-19)8-15(13)18/h3-8H,10-11H2,1-2H3,(H2,21,22,24). The number of nitriles is 1. The predicted octanol–water partition coefficient (Wildman–Crippen LogP) is 2.16. The van der Waals surface area contributed by atoms with Crippen molar-refractivity contribution in [2.45, 2.75) is 13.1 Å². The van der Waals surface area contributed by atoms with Crippen molar-refractivity contribution in [2.75, 3.05) is 19.0 Å². The number of urea groups is 1. The fraction of sp³-hybridized carbons (Fsp3) is 0.235. The second kappa shape index (κ2) is 7.92. The Morgan fingerprint density at radius 1 is 1.25 bits per heavy atom. The highest BCUT2D eigenvalue weighted by Crippen LogP contribution is 2.14. The van der Waals surface area contributed by atoms with E-state index < -0.39 is 11.8 Å². The Bertz CT molecular complexity index is 770. The summed E-state index contributed by atoms with van der Waals surface area (Å²) < 4.78 is 13.7. The van der Waals surface area contributed by atoms with Gasteiger partial charge in [-0.1, -0.05) is 12.1 Å². The summed E-state index contributed by atoms with van der Waals surface area (Å²) in [5.41, 5.74) is 1.44. The first kappa shape index (κ1) is 17.2. The van der Waals surface area contributed by atoms with E-state index in [1.54, 1.807) is 12.3 Å². The molecule has 0 radical (unpaired) electrons. The molecule has 0 bridgehead atoms. The molecule has 0 unspecified atom stereocenters. The van der Waals surface area contributed by atoms with Crippen LogP contribution < -0.4 is 15.5 Å². The molecule has 0 aliphatic rings. The number of nitrogens with zero attached hydrogens (tertiary/aromatic N) is 3. The van der Waals surface area contributed by atoms with E-state index in [4.69, 9.17) is 5.26 Å². The van der Waals surface area contributed by atoms with Crippen molar-refractivity contribution in [1.29, 1.82) is 5.26 Å². The molecule has 6 nitrogen and oxygen atoms in total. The van der Waals surface area contributed by atoms with Crippen LogP contribution in [0, 0.1) is 17.1 Å². The molecule has 1 heterocycles. The lowest BCUT2D eigenvalue weighted by Gasteiger charge is -2.16. The Kier molecular flexibility index (Phi) is 5.68. The monoisotopic (exact) mass is 327 g/mol. The van der Waals surface area contributed by atoms with E-state index in [1.807, 2.05) is 31.1 Å². The van der Waals surface area contributed by atoms with Gasteiger partial charge in [-0.05, 0) is 18.2 Å². The van der Waals surface area contributed by atoms with E-state index in [0.29, 0.717) is 12.1 Å². The molecule has 2 N–H and O–H groups in total. The first-order chi connectivity index (χ1) is 11.5. The minimum Gasteiger partial charge on any atom is -0.362 e. The average Bonchev–Trinajstić information content (AvgIpc) is 2.58. The summed E-state index contributed by atoms with van der Waals surface area (Å²) in [5.74, 6) is 0.257. The summed E-state index contributed by atoms with van der Waals surface area (Å²) in [5, 5.41) is 14.0. The molecule has 0 atom stereocenters. The van der Waals surface area contributed by atoms with E-state index in [-0.39, 0.29) is 12.1 Å². The molecule has 0 saturated carbocycles. The van der Waals surface area contributed by atoms with Crippen LogP contribution in [-0.4, -0.2) is 25.1 Å². The van der Waals surface area contributed by atoms with Gasteiger partial charge in [0.1, 0.15) is 11.6 Å². The number of hydrogen-bond donors (Lipinski definition) is 2. The first-order valence-electron chi connectivity index (χ1n) is 7.32. The van der Waals surface area contributed by atoms with Gasteiger partial charge in [0.25, 0.3) is 0 Å². The zero-order chi connectivity index (χ0) is 17.5. The van der Waals surface area contributed by atoms with Crippen molar-refractivity contribution < 1.29 is 9.18 Å². The Hall–Kier alpha value is -3.14. The maximum atomic E-state index is 13.7. The topological polar surface area (TPSA) is 81.1 Å². The number of halogens is 1. The van der Waals surface area contributed by atoms with E-state index in [2.05, 4.69) is 15.6 Å². The number of pyridine rings is 1. The van der Waals surface area contributed by atoms with Crippen LogP contribution >= 0.6 is 0 Å². The maximum Gasteiger partial charge on any atom is 0.315 e. The van der Waals surface area contributed by atoms with Crippen molar-refractivity contribution in [3.05, 3.63) is 59.0 Å². The van der Waals surface area contributed by atoms with E-state index in [0.717, 1.165) is 17.4 Å². The number of carbonyl (C=O) groups is 1. The van der Waals surface area contributed by atoms with Gasteiger partial charge in [-0.3, -0.25) is 0 Å². The Labute approximate surface area is 139 Å². The van der Waals surface area contributed by atoms with Gasteiger partial charge < -0.3 is 15.5 Å². The minimum absolute atomic E-state index is 0.0386. The third kappa shape index (κ3) is 4.43. The Balaban J connectivity index is 1.90. The second-order valence-electron chi connectivity index (χ2n) is 5.33. The van der Waals surface area contributed by atoms with E-state index in [9.17, 15) is 9.18 Å². The molecule has 1 aromatic heterocycles. The quantitative estimate of drug-likeness (QED) is 0.882. The Morgan fingerprint density at radius 2 is 1.96 bits per heavy atom. The Morgan fingerprint density at radius 3 is 2.58 bits per heavy atom. The van der Waals surface area contributed by atoms with Crippen molar-refractivity contribution in [3.8, 4) is 6.07 Å². The molecule has 2 rings (SSSR count). The zero-order valence-electron chi connectivity index (χ0n) is 13.5. The van der Waals surface area contributed by atoms with Crippen molar-refractivity contribution in [1.82, 2.24) is 15.6 Å². The molecule has 24 heavy (non-hydrogen) atoms. The molecule has 0 aliphatic carbocycles. The third-order valence-corrected chi connectivity index (χ3v) is 3.35. The fourth-order valence-electron chi connectivity index (χ4n) is 2.14. The smallest absolute Gasteiger partial charge is 0.315 e. The van der Waals surface area contributed by atoms with Crippen molar-refractivity contribution in [3.63, 3.8) is 0 Å². The molecular formula is C17H18FN5O. The van der Waals surface area contributed by atoms with Crippen LogP contribution in [0.3, 0.4) is 0 Å². The number of amides is 2. The van der Waals surface area contributed by atoms with E-state index >= 15 is 0 Å². The van der Waals surface area contributed by atoms with Gasteiger partial charge in [-0.2, -0.15) is 5.26 Å². The van der Waals surface area contributed by atoms with Crippen LogP contribution in [0.5, 0.6) is 0 Å². The van der Waals surface area contributed by atoms with Crippen molar-refractivity contribution in [2.24, 2.45) is 0 Å². The maximum absolute atomic E-state index is 13.7. The van der Waals surface area contributed by atoms with Gasteiger partial charge in [-0.15, -0.1) is 0 Å². The minimum atomic E-state index is -0.517. The summed E-state index contributed by atoms with van der Waals surface area (Å²) >= 11 is 0. The van der Waals surface area contributed by atoms with Gasteiger partial charge >= 0.3 is 6.03 Å². The molecule has 7 heteroatoms. The zero-order valence-corrected chi connectivity index (χ0v) is 13.5. The molecule has 0 saturated heterocycles. The largest absolute Gasteiger partial charge is 0.362 e. The number of hydrogen-bond acceptors (Lipinski definition) is 4. The van der Waals surface area contributed by atoms with Crippen LogP contribution in [0.15, 0.2) is 36.5 Å². The number of nitrogens with one attached hydrogen (secondary N) is 2. The number of anilines is 1. The highest BCUT2D eigenvalue weighted by molar-refractivity contribution is 5.74. The molecule has 124 valence electrons. The summed E-state index contributed by atoms with van der Waals surface area (Å²) in [6, 6.07) is 9.27. The molecule has 0 aliphatic heterocycles. The molecule has 0 spiro atoms. The summed E-state index contributed by atoms with van der Waals surface area (Å²) in [7, 11) is 3.75. The molecular weight excluding hydrogens is 309 g/mol. The normalized spacial score (nSPS) is 9.92. The second-order valence-corrected chi connectivity index (χ2v) is 5.33. The lowest BCUT2D eigenvalue weighted by atomic mass is 10.1. The van der Waals surface area contributed by atoms with E-state index in [1.165, 1.54) is 12.1 Å². The molecule has 1 aromatic carbocycles. The van der Waals surface area contributed by atoms with Crippen LogP contribution in [0.1, 0.15) is 16.7 Å². The van der Waals surface area contributed by atoms with Gasteiger partial charge in [-0.25, -0.2) is 14.2 Å². The van der Waals surface area contributed by atoms with Gasteiger partial charge in [0.05, 0.1) is 11.6 Å². The number of benzene rings is 1. The highest BCUT2D eigenvalue weighted by Gasteiger charge is 2.08. The third-order valence-electron chi connectivity index (χ3n) is 3.35. The molecule has 2 aromatic rings. The van der Waals surface area contributed by atoms with Crippen LogP contribution in [0.25, 0.3) is 0 Å². The number of carbonyl (C=O) groups excluding carboxylic acids is 1. The number of aromatic nitrogens is 1. The number of rotatable bonds is 5. The average molecular weight is 327 g/mol. The summed E-state index contributed by atoms with van der Waals surface area (Å²) in [6.07, 6.45) is 1.69. The van der Waals surface area contributed by atoms with Crippen LogP contribution in [0.2, 0.25) is 0 Å². The van der Waals surface area contributed by atoms with Gasteiger partial charge in [0.2, 0.25) is 0 Å². The lowest BCUT2D eigenvalue weighted by molar-refractivity contribution is 0.240. The molecule has 2 amide bonds. The van der Waals surface area contributed by atoms with Gasteiger partial charge in [0, 0.05) is 44.5 Å². The first-order valence-corrected chi connectivity index (χ1v) is 7.32. The lowest BCUT2D eigenvalue weighted by Crippen LogP contribution is -2.35. The molecule has 0 fully saturated rings. The SMILES string of the molecule is CN(C)c1ncccc1CNC(=O)NCc1ccc(C#N)cc1F. The predicted molar refractivity (Wildman–Crippen MR) is 88.8 cm³/mol. The van der Waals surface area contributed by atoms with Crippen molar-refractivity contribution >= 4 is 11.8 Å². The van der Waals surface area contributed by atoms with Crippen LogP contribution in [0.4, 0.5) is 15.0 Å². The fourth-order valence-corrected chi connectivity index (χ4v) is 2.14. The van der Waals surface area contributed by atoms with Gasteiger partial charge in [0.15, 0.2) is 0 Å².